The Bertz CT molecular complexity index is 403. The van der Waals surface area contributed by atoms with E-state index in [2.05, 4.69) is 5.32 Å². The van der Waals surface area contributed by atoms with Crippen LogP contribution >= 0.6 is 0 Å². The zero-order valence-corrected chi connectivity index (χ0v) is 12.1. The fourth-order valence-electron chi connectivity index (χ4n) is 1.80. The number of nitrogens with two attached hydrogens (primary N) is 1. The van der Waals surface area contributed by atoms with E-state index < -0.39 is 6.04 Å². The summed E-state index contributed by atoms with van der Waals surface area (Å²) < 4.78 is 5.11. The van der Waals surface area contributed by atoms with E-state index in [0.717, 1.165) is 17.7 Å². The van der Waals surface area contributed by atoms with Gasteiger partial charge in [0.2, 0.25) is 5.91 Å². The molecule has 19 heavy (non-hydrogen) atoms. The molecule has 1 aromatic carbocycles. The smallest absolute Gasteiger partial charge is 0.237 e. The number of ether oxygens (including phenoxy) is 1. The summed E-state index contributed by atoms with van der Waals surface area (Å²) in [5.41, 5.74) is 6.94. The van der Waals surface area contributed by atoms with Crippen molar-refractivity contribution in [2.24, 2.45) is 11.7 Å². The van der Waals surface area contributed by atoms with Gasteiger partial charge in [0, 0.05) is 0 Å². The third-order valence-electron chi connectivity index (χ3n) is 3.53. The van der Waals surface area contributed by atoms with Gasteiger partial charge in [0.1, 0.15) is 5.75 Å². The van der Waals surface area contributed by atoms with E-state index in [0.29, 0.717) is 0 Å². The van der Waals surface area contributed by atoms with E-state index in [1.54, 1.807) is 7.11 Å². The largest absolute Gasteiger partial charge is 0.497 e. The van der Waals surface area contributed by atoms with Crippen LogP contribution in [0.4, 0.5) is 0 Å². The van der Waals surface area contributed by atoms with Gasteiger partial charge in [-0.15, -0.1) is 0 Å². The minimum absolute atomic E-state index is 0.0616. The summed E-state index contributed by atoms with van der Waals surface area (Å²) >= 11 is 0. The third-order valence-corrected chi connectivity index (χ3v) is 3.53. The van der Waals surface area contributed by atoms with Crippen molar-refractivity contribution in [2.75, 3.05) is 7.11 Å². The number of hydrogen-bond acceptors (Lipinski definition) is 3. The molecule has 0 aliphatic rings. The second-order valence-corrected chi connectivity index (χ2v) is 4.91. The third kappa shape index (κ3) is 4.24. The molecule has 1 rings (SSSR count). The number of benzene rings is 1. The van der Waals surface area contributed by atoms with E-state index in [-0.39, 0.29) is 17.9 Å². The van der Waals surface area contributed by atoms with Crippen LogP contribution < -0.4 is 15.8 Å². The summed E-state index contributed by atoms with van der Waals surface area (Å²) in [5.74, 6) is 0.888. The Morgan fingerprint density at radius 3 is 2.37 bits per heavy atom. The second-order valence-electron chi connectivity index (χ2n) is 4.91. The highest BCUT2D eigenvalue weighted by atomic mass is 16.5. The van der Waals surface area contributed by atoms with Crippen LogP contribution in [0.5, 0.6) is 5.75 Å². The molecular formula is C15H24N2O2. The molecular weight excluding hydrogens is 240 g/mol. The van der Waals surface area contributed by atoms with Crippen molar-refractivity contribution in [2.45, 2.75) is 39.3 Å². The van der Waals surface area contributed by atoms with Crippen LogP contribution in [0.15, 0.2) is 24.3 Å². The Morgan fingerprint density at radius 2 is 1.89 bits per heavy atom. The van der Waals surface area contributed by atoms with Crippen molar-refractivity contribution in [1.82, 2.24) is 5.32 Å². The van der Waals surface area contributed by atoms with E-state index in [1.165, 1.54) is 0 Å². The van der Waals surface area contributed by atoms with Crippen molar-refractivity contribution < 1.29 is 9.53 Å². The van der Waals surface area contributed by atoms with Crippen LogP contribution in [-0.4, -0.2) is 19.1 Å². The fourth-order valence-corrected chi connectivity index (χ4v) is 1.80. The van der Waals surface area contributed by atoms with Crippen molar-refractivity contribution in [1.29, 1.82) is 0 Å². The maximum Gasteiger partial charge on any atom is 0.237 e. The van der Waals surface area contributed by atoms with Gasteiger partial charge in [0.25, 0.3) is 0 Å². The molecule has 1 amide bonds. The molecule has 0 saturated carbocycles. The van der Waals surface area contributed by atoms with Crippen LogP contribution in [0.3, 0.4) is 0 Å². The lowest BCUT2D eigenvalue weighted by Gasteiger charge is -2.21. The highest BCUT2D eigenvalue weighted by molar-refractivity contribution is 5.82. The SMILES string of the molecule is CC[C@H](C)[C@H](N)C(=O)N[C@H](C)c1ccc(OC)cc1. The molecule has 0 aliphatic carbocycles. The minimum atomic E-state index is -0.453. The maximum absolute atomic E-state index is 12.0. The summed E-state index contributed by atoms with van der Waals surface area (Å²) in [6.07, 6.45) is 0.894. The number of rotatable bonds is 6. The monoisotopic (exact) mass is 264 g/mol. The molecule has 3 N–H and O–H groups in total. The predicted molar refractivity (Wildman–Crippen MR) is 77.0 cm³/mol. The summed E-state index contributed by atoms with van der Waals surface area (Å²) in [4.78, 5) is 12.0. The predicted octanol–water partition coefficient (Wildman–Crippen LogP) is 2.25. The lowest BCUT2D eigenvalue weighted by atomic mass is 9.98. The van der Waals surface area contributed by atoms with E-state index in [4.69, 9.17) is 10.5 Å². The lowest BCUT2D eigenvalue weighted by Crippen LogP contribution is -2.45. The summed E-state index contributed by atoms with van der Waals surface area (Å²) in [5, 5.41) is 2.94. The molecule has 0 fully saturated rings. The van der Waals surface area contributed by atoms with Gasteiger partial charge in [0.05, 0.1) is 19.2 Å². The van der Waals surface area contributed by atoms with Crippen LogP contribution in [0, 0.1) is 5.92 Å². The zero-order chi connectivity index (χ0) is 14.4. The molecule has 0 spiro atoms. The Kier molecular flexibility index (Phi) is 5.83. The van der Waals surface area contributed by atoms with Gasteiger partial charge in [-0.1, -0.05) is 32.4 Å². The van der Waals surface area contributed by atoms with Crippen molar-refractivity contribution in [3.8, 4) is 5.75 Å². The van der Waals surface area contributed by atoms with E-state index in [1.807, 2.05) is 45.0 Å². The summed E-state index contributed by atoms with van der Waals surface area (Å²) in [6.45, 7) is 5.97. The second kappa shape index (κ2) is 7.14. The molecule has 0 saturated heterocycles. The molecule has 0 radical (unpaired) electrons. The maximum atomic E-state index is 12.0. The summed E-state index contributed by atoms with van der Waals surface area (Å²) in [6, 6.07) is 7.13. The van der Waals surface area contributed by atoms with Gasteiger partial charge in [-0.2, -0.15) is 0 Å². The summed E-state index contributed by atoms with van der Waals surface area (Å²) in [7, 11) is 1.63. The Morgan fingerprint density at radius 1 is 1.32 bits per heavy atom. The Labute approximate surface area is 115 Å². The molecule has 106 valence electrons. The van der Waals surface area contributed by atoms with Gasteiger partial charge in [-0.25, -0.2) is 0 Å². The molecule has 0 unspecified atom stereocenters. The first-order valence-electron chi connectivity index (χ1n) is 6.69. The van der Waals surface area contributed by atoms with Crippen molar-refractivity contribution in [3.63, 3.8) is 0 Å². The van der Waals surface area contributed by atoms with Gasteiger partial charge in [-0.05, 0) is 30.5 Å². The van der Waals surface area contributed by atoms with Gasteiger partial charge in [-0.3, -0.25) is 4.79 Å². The highest BCUT2D eigenvalue weighted by Gasteiger charge is 2.21. The van der Waals surface area contributed by atoms with Crippen LogP contribution in [-0.2, 0) is 4.79 Å². The first kappa shape index (κ1) is 15.5. The van der Waals surface area contributed by atoms with Crippen molar-refractivity contribution >= 4 is 5.91 Å². The Balaban J connectivity index is 2.63. The first-order valence-corrected chi connectivity index (χ1v) is 6.69. The molecule has 0 aromatic heterocycles. The average molecular weight is 264 g/mol. The number of carbonyl (C=O) groups is 1. The number of carbonyl (C=O) groups excluding carboxylic acids is 1. The first-order chi connectivity index (χ1) is 8.99. The molecule has 3 atom stereocenters. The molecule has 4 nitrogen and oxygen atoms in total. The van der Waals surface area contributed by atoms with Crippen LogP contribution in [0.2, 0.25) is 0 Å². The average Bonchev–Trinajstić information content (AvgIpc) is 2.45. The Hall–Kier alpha value is -1.55. The van der Waals surface area contributed by atoms with Gasteiger partial charge in [0.15, 0.2) is 0 Å². The number of nitrogens with one attached hydrogen (secondary N) is 1. The van der Waals surface area contributed by atoms with Crippen molar-refractivity contribution in [3.05, 3.63) is 29.8 Å². The fraction of sp³-hybridized carbons (Fsp3) is 0.533. The quantitative estimate of drug-likeness (QED) is 0.828. The molecule has 4 heteroatoms. The standard InChI is InChI=1S/C15H24N2O2/c1-5-10(2)14(16)15(18)17-11(3)12-6-8-13(19-4)9-7-12/h6-11,14H,5,16H2,1-4H3,(H,17,18)/t10-,11+,14-/m0/s1. The van der Waals surface area contributed by atoms with E-state index >= 15 is 0 Å². The normalized spacial score (nSPS) is 15.4. The number of hydrogen-bond donors (Lipinski definition) is 2. The lowest BCUT2D eigenvalue weighted by molar-refractivity contribution is -0.124. The molecule has 1 aromatic rings. The zero-order valence-electron chi connectivity index (χ0n) is 12.1. The highest BCUT2D eigenvalue weighted by Crippen LogP contribution is 2.17. The number of methoxy groups -OCH3 is 1. The molecule has 0 bridgehead atoms. The molecule has 0 heterocycles. The van der Waals surface area contributed by atoms with Crippen LogP contribution in [0.1, 0.15) is 38.8 Å². The topological polar surface area (TPSA) is 64.4 Å². The minimum Gasteiger partial charge on any atom is -0.497 e. The van der Waals surface area contributed by atoms with Gasteiger partial charge < -0.3 is 15.8 Å². The van der Waals surface area contributed by atoms with Crippen LogP contribution in [0.25, 0.3) is 0 Å². The molecule has 0 aliphatic heterocycles. The van der Waals surface area contributed by atoms with Gasteiger partial charge >= 0.3 is 0 Å². The van der Waals surface area contributed by atoms with E-state index in [9.17, 15) is 4.79 Å². The number of amides is 1.